The monoisotopic (exact) mass is 637 g/mol. The van der Waals surface area contributed by atoms with Crippen LogP contribution >= 0.6 is 34.7 Å². The summed E-state index contributed by atoms with van der Waals surface area (Å²) in [6.45, 7) is 4.31. The van der Waals surface area contributed by atoms with Crippen molar-refractivity contribution in [2.24, 2.45) is 5.16 Å². The Labute approximate surface area is 252 Å². The summed E-state index contributed by atoms with van der Waals surface area (Å²) in [5.41, 5.74) is 0.881. The van der Waals surface area contributed by atoms with E-state index in [1.165, 1.54) is 52.9 Å². The van der Waals surface area contributed by atoms with Gasteiger partial charge < -0.3 is 19.6 Å². The molecule has 2 aromatic rings. The first-order valence-electron chi connectivity index (χ1n) is 12.2. The van der Waals surface area contributed by atoms with Crippen LogP contribution in [0.1, 0.15) is 32.0 Å². The number of carbonyl (C=O) groups excluding carboxylic acids is 4. The number of aromatic nitrogens is 1. The van der Waals surface area contributed by atoms with Crippen LogP contribution in [0.25, 0.3) is 0 Å². The van der Waals surface area contributed by atoms with Crippen LogP contribution in [0, 0.1) is 10.1 Å². The van der Waals surface area contributed by atoms with Crippen molar-refractivity contribution < 1.29 is 38.4 Å². The molecule has 0 saturated carbocycles. The molecule has 2 atom stereocenters. The maximum atomic E-state index is 13.1. The number of thiazole rings is 1. The molecule has 17 heteroatoms. The molecule has 3 heterocycles. The number of fused-ring (bicyclic) bond motifs is 1. The van der Waals surface area contributed by atoms with Crippen molar-refractivity contribution in [1.29, 1.82) is 0 Å². The number of esters is 2. The topological polar surface area (TPSA) is 180 Å². The Morgan fingerprint density at radius 3 is 2.60 bits per heavy atom. The number of non-ortho nitro benzene ring substituents is 1. The average molecular weight is 638 g/mol. The van der Waals surface area contributed by atoms with Crippen LogP contribution in [0.15, 0.2) is 51.0 Å². The number of amides is 2. The van der Waals surface area contributed by atoms with Gasteiger partial charge in [0, 0.05) is 23.3 Å². The molecule has 1 aromatic carbocycles. The van der Waals surface area contributed by atoms with Crippen molar-refractivity contribution in [2.75, 3.05) is 12.4 Å². The SMILES string of the molecule is CC(C)(C)OC(=O)CON=C(C(=O)NC1C(=O)N2C(C(=O)OCc3ccc([N+](=O)[O-])cc3)=C(Cl)CS[C@H]12)c1cscn1. The largest absolute Gasteiger partial charge is 0.457 e. The van der Waals surface area contributed by atoms with Crippen LogP contribution < -0.4 is 5.32 Å². The number of nitrogens with zero attached hydrogens (tertiary/aromatic N) is 4. The summed E-state index contributed by atoms with van der Waals surface area (Å²) >= 11 is 8.72. The number of hydrogen-bond acceptors (Lipinski definition) is 13. The van der Waals surface area contributed by atoms with Gasteiger partial charge in [-0.05, 0) is 38.5 Å². The van der Waals surface area contributed by atoms with Gasteiger partial charge in [0.2, 0.25) is 6.61 Å². The van der Waals surface area contributed by atoms with E-state index in [9.17, 15) is 29.3 Å². The van der Waals surface area contributed by atoms with Gasteiger partial charge in [0.1, 0.15) is 35.0 Å². The molecule has 1 fully saturated rings. The molecule has 0 bridgehead atoms. The fourth-order valence-corrected chi connectivity index (χ4v) is 5.85. The first kappa shape index (κ1) is 30.9. The number of oxime groups is 1. The van der Waals surface area contributed by atoms with Crippen LogP contribution in [-0.2, 0) is 40.1 Å². The molecule has 1 aromatic heterocycles. The second-order valence-electron chi connectivity index (χ2n) is 9.79. The molecule has 222 valence electrons. The van der Waals surface area contributed by atoms with Crippen molar-refractivity contribution in [1.82, 2.24) is 15.2 Å². The molecular weight excluding hydrogens is 614 g/mol. The van der Waals surface area contributed by atoms with Gasteiger partial charge in [-0.1, -0.05) is 16.8 Å². The normalized spacial score (nSPS) is 18.5. The highest BCUT2D eigenvalue weighted by atomic mass is 35.5. The zero-order chi connectivity index (χ0) is 30.6. The number of benzene rings is 1. The summed E-state index contributed by atoms with van der Waals surface area (Å²) in [5.74, 6) is -2.76. The Morgan fingerprint density at radius 1 is 1.26 bits per heavy atom. The highest BCUT2D eigenvalue weighted by Gasteiger charge is 2.54. The smallest absolute Gasteiger partial charge is 0.356 e. The zero-order valence-corrected chi connectivity index (χ0v) is 24.8. The van der Waals surface area contributed by atoms with E-state index in [2.05, 4.69) is 15.5 Å². The van der Waals surface area contributed by atoms with Crippen molar-refractivity contribution in [3.05, 3.63) is 67.3 Å². The number of nitro groups is 1. The van der Waals surface area contributed by atoms with Crippen LogP contribution in [0.2, 0.25) is 0 Å². The summed E-state index contributed by atoms with van der Waals surface area (Å²) < 4.78 is 10.5. The van der Waals surface area contributed by atoms with E-state index in [0.29, 0.717) is 5.56 Å². The molecule has 2 aliphatic rings. The number of nitro benzene ring substituents is 1. The minimum atomic E-state index is -1.03. The van der Waals surface area contributed by atoms with Gasteiger partial charge in [0.25, 0.3) is 17.5 Å². The zero-order valence-electron chi connectivity index (χ0n) is 22.4. The average Bonchev–Trinajstić information content (AvgIpc) is 3.46. The lowest BCUT2D eigenvalue weighted by atomic mass is 10.0. The minimum absolute atomic E-state index is 0.100. The Bertz CT molecular complexity index is 1460. The molecule has 4 rings (SSSR count). The Morgan fingerprint density at radius 2 is 1.98 bits per heavy atom. The quantitative estimate of drug-likeness (QED) is 0.133. The number of nitrogens with one attached hydrogen (secondary N) is 1. The van der Waals surface area contributed by atoms with E-state index in [4.69, 9.17) is 25.9 Å². The van der Waals surface area contributed by atoms with Gasteiger partial charge in [-0.15, -0.1) is 23.1 Å². The first-order valence-corrected chi connectivity index (χ1v) is 14.6. The van der Waals surface area contributed by atoms with E-state index >= 15 is 0 Å². The van der Waals surface area contributed by atoms with E-state index < -0.39 is 52.3 Å². The fraction of sp³-hybridized carbons (Fsp3) is 0.360. The molecular formula is C25H24ClN5O9S2. The highest BCUT2D eigenvalue weighted by molar-refractivity contribution is 8.00. The maximum Gasteiger partial charge on any atom is 0.356 e. The van der Waals surface area contributed by atoms with Crippen molar-refractivity contribution in [3.63, 3.8) is 0 Å². The van der Waals surface area contributed by atoms with E-state index in [0.717, 1.165) is 4.90 Å². The molecule has 0 radical (unpaired) electrons. The van der Waals surface area contributed by atoms with Gasteiger partial charge in [0.05, 0.1) is 15.5 Å². The molecule has 1 saturated heterocycles. The molecule has 14 nitrogen and oxygen atoms in total. The number of hydrogen-bond donors (Lipinski definition) is 1. The molecule has 2 aliphatic heterocycles. The standard InChI is InChI=1S/C25H24ClN5O9S2/c1-25(2,3)40-17(32)9-39-29-18(16-11-41-12-27-16)21(33)28-19-22(34)30-20(15(26)10-42-23(19)30)24(35)38-8-13-4-6-14(7-5-13)31(36)37/h4-7,11-12,19,23H,8-10H2,1-3H3,(H,28,33)/t19?,23-/m1/s1. The fourth-order valence-electron chi connectivity index (χ4n) is 3.77. The Hall–Kier alpha value is -4.02. The predicted molar refractivity (Wildman–Crippen MR) is 151 cm³/mol. The molecule has 0 aliphatic carbocycles. The second-order valence-corrected chi connectivity index (χ2v) is 12.1. The van der Waals surface area contributed by atoms with Crippen molar-refractivity contribution in [2.45, 2.75) is 44.4 Å². The van der Waals surface area contributed by atoms with Gasteiger partial charge in [-0.25, -0.2) is 14.6 Å². The van der Waals surface area contributed by atoms with Crippen molar-refractivity contribution in [3.8, 4) is 0 Å². The third-order valence-electron chi connectivity index (χ3n) is 5.57. The number of carbonyl (C=O) groups is 4. The Kier molecular flexibility index (Phi) is 9.48. The van der Waals surface area contributed by atoms with Crippen LogP contribution in [0.3, 0.4) is 0 Å². The first-order chi connectivity index (χ1) is 19.9. The van der Waals surface area contributed by atoms with Crippen molar-refractivity contribution >= 4 is 69.9 Å². The third kappa shape index (κ3) is 7.24. The number of β-lactam (4-membered cyclic amide) rings is 1. The molecule has 42 heavy (non-hydrogen) atoms. The van der Waals surface area contributed by atoms with Gasteiger partial charge in [0.15, 0.2) is 5.71 Å². The van der Waals surface area contributed by atoms with Crippen LogP contribution in [0.4, 0.5) is 5.69 Å². The Balaban J connectivity index is 1.40. The number of thioether (sulfide) groups is 1. The predicted octanol–water partition coefficient (Wildman–Crippen LogP) is 2.71. The summed E-state index contributed by atoms with van der Waals surface area (Å²) in [5, 5.41) is 18.2. The molecule has 0 spiro atoms. The molecule has 1 N–H and O–H groups in total. The van der Waals surface area contributed by atoms with E-state index in [1.807, 2.05) is 0 Å². The summed E-state index contributed by atoms with van der Waals surface area (Å²) in [6.07, 6.45) is 0. The summed E-state index contributed by atoms with van der Waals surface area (Å²) in [7, 11) is 0. The minimum Gasteiger partial charge on any atom is -0.457 e. The van der Waals surface area contributed by atoms with Crippen LogP contribution in [0.5, 0.6) is 0 Å². The number of rotatable bonds is 10. The highest BCUT2D eigenvalue weighted by Crippen LogP contribution is 2.41. The lowest BCUT2D eigenvalue weighted by molar-refractivity contribution is -0.384. The summed E-state index contributed by atoms with van der Waals surface area (Å²) in [6, 6.07) is 4.42. The second kappa shape index (κ2) is 12.9. The molecule has 1 unspecified atom stereocenters. The van der Waals surface area contributed by atoms with Gasteiger partial charge >= 0.3 is 11.9 Å². The number of ether oxygens (including phenoxy) is 2. The number of halogens is 1. The maximum absolute atomic E-state index is 13.1. The molecule has 2 amide bonds. The van der Waals surface area contributed by atoms with Gasteiger partial charge in [-0.2, -0.15) is 0 Å². The van der Waals surface area contributed by atoms with E-state index in [1.54, 1.807) is 26.2 Å². The van der Waals surface area contributed by atoms with Crippen LogP contribution in [-0.4, -0.2) is 73.6 Å². The third-order valence-corrected chi connectivity index (χ3v) is 7.90. The lowest BCUT2D eigenvalue weighted by Gasteiger charge is -2.49. The van der Waals surface area contributed by atoms with E-state index in [-0.39, 0.29) is 40.2 Å². The lowest BCUT2D eigenvalue weighted by Crippen LogP contribution is -2.71. The summed E-state index contributed by atoms with van der Waals surface area (Å²) in [4.78, 5) is 71.6. The van der Waals surface area contributed by atoms with Gasteiger partial charge in [-0.3, -0.25) is 24.6 Å².